The van der Waals surface area contributed by atoms with E-state index in [-0.39, 0.29) is 11.8 Å². The lowest BCUT2D eigenvalue weighted by molar-refractivity contribution is -0.120. The van der Waals surface area contributed by atoms with Gasteiger partial charge in [0.25, 0.3) is 0 Å². The maximum absolute atomic E-state index is 12.6. The normalized spacial score (nSPS) is 15.5. The first-order chi connectivity index (χ1) is 12.2. The molecule has 1 saturated heterocycles. The molecule has 1 amide bonds. The predicted molar refractivity (Wildman–Crippen MR) is 100 cm³/mol. The van der Waals surface area contributed by atoms with Gasteiger partial charge in [0.1, 0.15) is 5.82 Å². The van der Waals surface area contributed by atoms with Crippen LogP contribution in [0.3, 0.4) is 0 Å². The summed E-state index contributed by atoms with van der Waals surface area (Å²) in [6.07, 6.45) is 6.72. The topological polar surface area (TPSA) is 71.0 Å². The van der Waals surface area contributed by atoms with Crippen LogP contribution in [0.5, 0.6) is 0 Å². The number of halogens is 1. The first-order valence-corrected chi connectivity index (χ1v) is 9.26. The number of nitrogens with zero attached hydrogens (tertiary/aromatic N) is 4. The largest absolute Gasteiger partial charge is 0.355 e. The number of aromatic nitrogens is 3. The van der Waals surface area contributed by atoms with Gasteiger partial charge < -0.3 is 10.2 Å². The minimum atomic E-state index is 0.00803. The van der Waals surface area contributed by atoms with E-state index in [1.54, 1.807) is 18.6 Å². The van der Waals surface area contributed by atoms with Crippen molar-refractivity contribution in [2.45, 2.75) is 12.8 Å². The highest BCUT2D eigenvalue weighted by atomic mass is 35.5. The average Bonchev–Trinajstić information content (AvgIpc) is 3.02. The third-order valence-corrected chi connectivity index (χ3v) is 5.49. The van der Waals surface area contributed by atoms with Crippen molar-refractivity contribution in [2.75, 3.05) is 23.3 Å². The molecule has 0 radical (unpaired) electrons. The molecule has 4 rings (SSSR count). The Morgan fingerprint density at radius 3 is 2.88 bits per heavy atom. The van der Waals surface area contributed by atoms with Crippen molar-refractivity contribution >= 4 is 50.6 Å². The molecule has 2 aromatic heterocycles. The molecule has 0 saturated carbocycles. The molecule has 0 bridgehead atoms. The van der Waals surface area contributed by atoms with E-state index < -0.39 is 0 Å². The van der Waals surface area contributed by atoms with Gasteiger partial charge in [-0.1, -0.05) is 11.6 Å². The summed E-state index contributed by atoms with van der Waals surface area (Å²) < 4.78 is 1.48. The van der Waals surface area contributed by atoms with Crippen LogP contribution in [-0.2, 0) is 4.79 Å². The Kier molecular flexibility index (Phi) is 4.50. The van der Waals surface area contributed by atoms with E-state index in [9.17, 15) is 4.79 Å². The second-order valence-corrected chi connectivity index (χ2v) is 7.58. The monoisotopic (exact) mass is 373 g/mol. The number of anilines is 2. The molecule has 1 aliphatic heterocycles. The van der Waals surface area contributed by atoms with Gasteiger partial charge in [-0.3, -0.25) is 9.78 Å². The molecule has 1 N–H and O–H groups in total. The number of hydrogen-bond acceptors (Lipinski definition) is 6. The molecule has 0 aliphatic carbocycles. The number of thiazole rings is 1. The summed E-state index contributed by atoms with van der Waals surface area (Å²) >= 11 is 7.34. The van der Waals surface area contributed by atoms with Gasteiger partial charge in [0, 0.05) is 37.1 Å². The van der Waals surface area contributed by atoms with Crippen molar-refractivity contribution in [1.82, 2.24) is 15.0 Å². The zero-order valence-corrected chi connectivity index (χ0v) is 14.9. The van der Waals surface area contributed by atoms with Crippen LogP contribution in [0, 0.1) is 5.92 Å². The van der Waals surface area contributed by atoms with E-state index in [0.29, 0.717) is 4.47 Å². The molecule has 0 spiro atoms. The van der Waals surface area contributed by atoms with Crippen LogP contribution >= 0.6 is 22.9 Å². The summed E-state index contributed by atoms with van der Waals surface area (Å²) in [5, 5.41) is 3.02. The lowest BCUT2D eigenvalue weighted by Gasteiger charge is -2.31. The molecular weight excluding hydrogens is 358 g/mol. The maximum atomic E-state index is 12.6. The molecule has 3 aromatic rings. The summed E-state index contributed by atoms with van der Waals surface area (Å²) in [7, 11) is 0. The van der Waals surface area contributed by atoms with Crippen LogP contribution in [0.15, 0.2) is 36.8 Å². The van der Waals surface area contributed by atoms with Crippen molar-refractivity contribution in [3.05, 3.63) is 41.3 Å². The van der Waals surface area contributed by atoms with Gasteiger partial charge in [0.15, 0.2) is 4.47 Å². The molecule has 3 heterocycles. The van der Waals surface area contributed by atoms with E-state index in [2.05, 4.69) is 25.2 Å². The van der Waals surface area contributed by atoms with Crippen LogP contribution in [0.1, 0.15) is 12.8 Å². The predicted octanol–water partition coefficient (Wildman–Crippen LogP) is 3.59. The number of carbonyl (C=O) groups excluding carboxylic acids is 1. The quantitative estimate of drug-likeness (QED) is 0.759. The van der Waals surface area contributed by atoms with Crippen molar-refractivity contribution in [3.63, 3.8) is 0 Å². The second kappa shape index (κ2) is 6.93. The van der Waals surface area contributed by atoms with Gasteiger partial charge in [-0.05, 0) is 31.0 Å². The lowest BCUT2D eigenvalue weighted by atomic mass is 9.96. The highest BCUT2D eigenvalue weighted by Crippen LogP contribution is 2.29. The molecular formula is C17H16ClN5OS. The Bertz CT molecular complexity index is 892. The molecule has 8 heteroatoms. The van der Waals surface area contributed by atoms with Crippen LogP contribution < -0.4 is 10.2 Å². The smallest absolute Gasteiger partial charge is 0.227 e. The number of amides is 1. The van der Waals surface area contributed by atoms with Crippen LogP contribution in [0.4, 0.5) is 11.5 Å². The van der Waals surface area contributed by atoms with Crippen molar-refractivity contribution in [1.29, 1.82) is 0 Å². The van der Waals surface area contributed by atoms with Crippen LogP contribution in [0.2, 0.25) is 4.47 Å². The molecule has 25 heavy (non-hydrogen) atoms. The van der Waals surface area contributed by atoms with E-state index in [4.69, 9.17) is 11.6 Å². The second-order valence-electron chi connectivity index (χ2n) is 5.96. The maximum Gasteiger partial charge on any atom is 0.227 e. The Balaban J connectivity index is 1.38. The zero-order valence-electron chi connectivity index (χ0n) is 13.4. The molecule has 0 unspecified atom stereocenters. The van der Waals surface area contributed by atoms with Gasteiger partial charge in [-0.15, -0.1) is 11.3 Å². The van der Waals surface area contributed by atoms with Crippen molar-refractivity contribution in [3.8, 4) is 0 Å². The van der Waals surface area contributed by atoms with Crippen molar-refractivity contribution in [2.24, 2.45) is 5.92 Å². The minimum absolute atomic E-state index is 0.00803. The number of nitrogens with one attached hydrogen (secondary N) is 1. The van der Waals surface area contributed by atoms with Gasteiger partial charge in [-0.25, -0.2) is 9.97 Å². The molecule has 1 aromatic carbocycles. The Morgan fingerprint density at radius 2 is 2.12 bits per heavy atom. The van der Waals surface area contributed by atoms with E-state index in [1.165, 1.54) is 11.3 Å². The first kappa shape index (κ1) is 16.2. The van der Waals surface area contributed by atoms with Gasteiger partial charge in [-0.2, -0.15) is 0 Å². The average molecular weight is 374 g/mol. The Morgan fingerprint density at radius 1 is 1.28 bits per heavy atom. The number of benzene rings is 1. The standard InChI is InChI=1S/C17H16ClN5OS/c18-17-22-13-2-1-12(9-14(13)25-17)21-16(24)11-3-7-23(8-4-11)15-10-19-5-6-20-15/h1-2,5-6,9-11H,3-4,7-8H2,(H,21,24). The van der Waals surface area contributed by atoms with Gasteiger partial charge >= 0.3 is 0 Å². The fourth-order valence-corrected chi connectivity index (χ4v) is 4.11. The summed E-state index contributed by atoms with van der Waals surface area (Å²) in [5.74, 6) is 0.941. The Hall–Kier alpha value is -2.25. The Labute approximate surface area is 153 Å². The van der Waals surface area contributed by atoms with E-state index >= 15 is 0 Å². The highest BCUT2D eigenvalue weighted by molar-refractivity contribution is 7.22. The molecule has 128 valence electrons. The number of fused-ring (bicyclic) bond motifs is 1. The van der Waals surface area contributed by atoms with Gasteiger partial charge in [0.05, 0.1) is 16.4 Å². The van der Waals surface area contributed by atoms with E-state index in [1.807, 2.05) is 18.2 Å². The zero-order chi connectivity index (χ0) is 17.2. The number of carbonyl (C=O) groups is 1. The van der Waals surface area contributed by atoms with Crippen LogP contribution in [-0.4, -0.2) is 33.9 Å². The third kappa shape index (κ3) is 3.57. The number of piperidine rings is 1. The minimum Gasteiger partial charge on any atom is -0.355 e. The summed E-state index contributed by atoms with van der Waals surface area (Å²) in [4.78, 5) is 27.4. The number of hydrogen-bond donors (Lipinski definition) is 1. The van der Waals surface area contributed by atoms with Gasteiger partial charge in [0.2, 0.25) is 5.91 Å². The molecule has 1 aliphatic rings. The summed E-state index contributed by atoms with van der Waals surface area (Å²) in [5.41, 5.74) is 1.64. The summed E-state index contributed by atoms with van der Waals surface area (Å²) in [6.45, 7) is 1.61. The number of rotatable bonds is 3. The van der Waals surface area contributed by atoms with Crippen molar-refractivity contribution < 1.29 is 4.79 Å². The fourth-order valence-electron chi connectivity index (χ4n) is 3.04. The highest BCUT2D eigenvalue weighted by Gasteiger charge is 2.25. The first-order valence-electron chi connectivity index (χ1n) is 8.07. The fraction of sp³-hybridized carbons (Fsp3) is 0.294. The molecule has 1 fully saturated rings. The van der Waals surface area contributed by atoms with Crippen LogP contribution in [0.25, 0.3) is 10.2 Å². The SMILES string of the molecule is O=C(Nc1ccc2nc(Cl)sc2c1)C1CCN(c2cnccn2)CC1. The van der Waals surface area contributed by atoms with E-state index in [0.717, 1.165) is 47.7 Å². The lowest BCUT2D eigenvalue weighted by Crippen LogP contribution is -2.38. The molecule has 0 atom stereocenters. The third-order valence-electron chi connectivity index (χ3n) is 4.37. The summed E-state index contributed by atoms with van der Waals surface area (Å²) in [6, 6.07) is 5.67. The molecule has 6 nitrogen and oxygen atoms in total.